The van der Waals surface area contributed by atoms with Crippen LogP contribution in [0, 0.1) is 0 Å². The third kappa shape index (κ3) is 4.98. The smallest absolute Gasteiger partial charge is 0.305 e. The molecule has 0 radical (unpaired) electrons. The lowest BCUT2D eigenvalue weighted by molar-refractivity contribution is 0.230. The van der Waals surface area contributed by atoms with Crippen LogP contribution in [-0.4, -0.2) is 43.2 Å². The highest BCUT2D eigenvalue weighted by atomic mass is 31.2. The van der Waals surface area contributed by atoms with E-state index >= 15 is 0 Å². The molecule has 10 heteroatoms. The lowest BCUT2D eigenvalue weighted by Crippen LogP contribution is -2.11. The molecule has 0 aliphatic rings. The Balaban J connectivity index is 1.37. The molecular formula is C25H25N6O3P. The molecule has 0 unspecified atom stereocenters. The highest BCUT2D eigenvalue weighted by Crippen LogP contribution is 2.46. The van der Waals surface area contributed by atoms with Crippen LogP contribution in [0.2, 0.25) is 0 Å². The van der Waals surface area contributed by atoms with Crippen LogP contribution < -0.4 is 5.30 Å². The number of aromatic nitrogens is 6. The molecule has 0 aliphatic heterocycles. The van der Waals surface area contributed by atoms with Crippen LogP contribution in [0.15, 0.2) is 67.0 Å². The van der Waals surface area contributed by atoms with Crippen molar-refractivity contribution in [3.8, 4) is 0 Å². The van der Waals surface area contributed by atoms with Gasteiger partial charge in [0.05, 0.1) is 42.5 Å². The summed E-state index contributed by atoms with van der Waals surface area (Å²) in [5, 5.41) is 10.0. The second-order valence-corrected chi connectivity index (χ2v) is 9.99. The van der Waals surface area contributed by atoms with Crippen molar-refractivity contribution in [3.05, 3.63) is 83.8 Å². The zero-order valence-corrected chi connectivity index (χ0v) is 20.4. The van der Waals surface area contributed by atoms with Crippen molar-refractivity contribution in [1.29, 1.82) is 0 Å². The molecule has 0 amide bonds. The van der Waals surface area contributed by atoms with Crippen molar-refractivity contribution in [2.24, 2.45) is 0 Å². The summed E-state index contributed by atoms with van der Waals surface area (Å²) in [5.41, 5.74) is 4.95. The van der Waals surface area contributed by atoms with E-state index in [1.165, 1.54) is 0 Å². The lowest BCUT2D eigenvalue weighted by Gasteiger charge is -2.17. The van der Waals surface area contributed by atoms with Gasteiger partial charge in [0.1, 0.15) is 0 Å². The number of rotatable bonds is 9. The van der Waals surface area contributed by atoms with Crippen LogP contribution in [0.5, 0.6) is 0 Å². The summed E-state index contributed by atoms with van der Waals surface area (Å²) in [4.78, 5) is 13.6. The summed E-state index contributed by atoms with van der Waals surface area (Å²) >= 11 is 0. The minimum Gasteiger partial charge on any atom is -0.305 e. The van der Waals surface area contributed by atoms with E-state index in [-0.39, 0.29) is 0 Å². The summed E-state index contributed by atoms with van der Waals surface area (Å²) in [5.74, 6) is 0. The second kappa shape index (κ2) is 10.00. The fourth-order valence-electron chi connectivity index (χ4n) is 3.91. The summed E-state index contributed by atoms with van der Waals surface area (Å²) in [6.45, 7) is 4.74. The lowest BCUT2D eigenvalue weighted by atomic mass is 10.1. The largest absolute Gasteiger partial charge is 0.361 e. The number of hydrogen-bond acceptors (Lipinski definition) is 8. The Kier molecular flexibility index (Phi) is 6.63. The fourth-order valence-corrected chi connectivity index (χ4v) is 5.48. The average molecular weight is 488 g/mol. The van der Waals surface area contributed by atoms with E-state index in [1.54, 1.807) is 43.1 Å². The Labute approximate surface area is 202 Å². The fraction of sp³-hybridized carbons (Fsp3) is 0.240. The van der Waals surface area contributed by atoms with Crippen LogP contribution >= 0.6 is 7.60 Å². The van der Waals surface area contributed by atoms with Gasteiger partial charge in [-0.1, -0.05) is 29.5 Å². The number of hydrogen-bond donors (Lipinski definition) is 0. The van der Waals surface area contributed by atoms with Gasteiger partial charge < -0.3 is 9.05 Å². The van der Waals surface area contributed by atoms with Gasteiger partial charge in [0.25, 0.3) is 0 Å². The Morgan fingerprint density at radius 1 is 0.943 bits per heavy atom. The van der Waals surface area contributed by atoms with E-state index in [4.69, 9.17) is 14.0 Å². The van der Waals surface area contributed by atoms with E-state index in [2.05, 4.69) is 26.3 Å². The van der Waals surface area contributed by atoms with E-state index in [9.17, 15) is 4.57 Å². The molecule has 0 atom stereocenters. The van der Waals surface area contributed by atoms with E-state index in [0.717, 1.165) is 27.7 Å². The van der Waals surface area contributed by atoms with Crippen LogP contribution in [0.25, 0.3) is 22.2 Å². The van der Waals surface area contributed by atoms with Gasteiger partial charge in [0.2, 0.25) is 5.65 Å². The van der Waals surface area contributed by atoms with Crippen molar-refractivity contribution in [3.63, 3.8) is 0 Å². The molecule has 2 aromatic carbocycles. The third-order valence-corrected chi connectivity index (χ3v) is 7.64. The highest BCUT2D eigenvalue weighted by Gasteiger charge is 2.26. The van der Waals surface area contributed by atoms with Gasteiger partial charge in [0, 0.05) is 18.0 Å². The van der Waals surface area contributed by atoms with E-state index < -0.39 is 7.60 Å². The van der Waals surface area contributed by atoms with Crippen molar-refractivity contribution < 1.29 is 13.6 Å². The summed E-state index contributed by atoms with van der Waals surface area (Å²) in [6.07, 6.45) is 4.06. The first-order valence-corrected chi connectivity index (χ1v) is 13.0. The molecule has 0 aliphatic carbocycles. The monoisotopic (exact) mass is 488 g/mol. The molecule has 5 rings (SSSR count). The van der Waals surface area contributed by atoms with Crippen molar-refractivity contribution in [2.45, 2.75) is 26.8 Å². The quantitative estimate of drug-likeness (QED) is 0.283. The van der Waals surface area contributed by atoms with Crippen molar-refractivity contribution in [1.82, 2.24) is 29.9 Å². The Bertz CT molecular complexity index is 1510. The maximum absolute atomic E-state index is 13.0. The number of nitrogens with zero attached hydrogens (tertiary/aromatic N) is 6. The zero-order valence-electron chi connectivity index (χ0n) is 19.5. The molecule has 0 saturated carbocycles. The third-order valence-electron chi connectivity index (χ3n) is 5.51. The molecular weight excluding hydrogens is 463 g/mol. The summed E-state index contributed by atoms with van der Waals surface area (Å²) in [7, 11) is -3.31. The number of fused-ring (bicyclic) bond motifs is 2. The first kappa shape index (κ1) is 23.2. The topological polar surface area (TPSA) is 105 Å². The van der Waals surface area contributed by atoms with Crippen molar-refractivity contribution >= 4 is 35.1 Å². The SMILES string of the molecule is CCOP(=O)(OCC)c1ccc(Cc2cnc3nnn(Cc4ccc5ncccc5c4)c3n2)cc1. The van der Waals surface area contributed by atoms with E-state index in [0.29, 0.717) is 42.8 Å². The average Bonchev–Trinajstić information content (AvgIpc) is 3.26. The molecule has 9 nitrogen and oxygen atoms in total. The Morgan fingerprint density at radius 3 is 2.49 bits per heavy atom. The molecule has 0 spiro atoms. The molecule has 0 saturated heterocycles. The minimum absolute atomic E-state index is 0.312. The van der Waals surface area contributed by atoms with Gasteiger partial charge >= 0.3 is 7.60 Å². The first-order chi connectivity index (χ1) is 17.1. The molecule has 3 aromatic heterocycles. The molecule has 3 heterocycles. The molecule has 35 heavy (non-hydrogen) atoms. The van der Waals surface area contributed by atoms with Gasteiger partial charge in [-0.15, -0.1) is 5.10 Å². The maximum atomic E-state index is 13.0. The van der Waals surface area contributed by atoms with Gasteiger partial charge in [-0.3, -0.25) is 9.55 Å². The Morgan fingerprint density at radius 2 is 1.71 bits per heavy atom. The summed E-state index contributed by atoms with van der Waals surface area (Å²) < 4.78 is 25.6. The summed E-state index contributed by atoms with van der Waals surface area (Å²) in [6, 6.07) is 17.5. The zero-order chi connectivity index (χ0) is 24.3. The maximum Gasteiger partial charge on any atom is 0.361 e. The van der Waals surface area contributed by atoms with E-state index in [1.807, 2.05) is 36.4 Å². The van der Waals surface area contributed by atoms with Crippen LogP contribution in [0.3, 0.4) is 0 Å². The molecule has 5 aromatic rings. The number of benzene rings is 2. The van der Waals surface area contributed by atoms with Gasteiger partial charge in [-0.05, 0) is 55.3 Å². The predicted molar refractivity (Wildman–Crippen MR) is 134 cm³/mol. The predicted octanol–water partition coefficient (Wildman–Crippen LogP) is 4.30. The van der Waals surface area contributed by atoms with Crippen LogP contribution in [0.4, 0.5) is 0 Å². The Hall–Kier alpha value is -3.52. The van der Waals surface area contributed by atoms with Crippen LogP contribution in [-0.2, 0) is 26.6 Å². The minimum atomic E-state index is -3.31. The molecule has 0 bridgehead atoms. The normalized spacial score (nSPS) is 11.9. The van der Waals surface area contributed by atoms with Crippen molar-refractivity contribution in [2.75, 3.05) is 13.2 Å². The molecule has 0 N–H and O–H groups in total. The standard InChI is InChI=1S/C25H25N6O3P/c1-3-33-35(32,34-4-2)22-10-7-18(8-11-22)15-21-16-27-24-25(28-21)31(30-29-24)17-19-9-12-23-20(14-19)6-5-13-26-23/h5-14,16H,3-4,15,17H2,1-2H3. The van der Waals surface area contributed by atoms with Gasteiger partial charge in [-0.2, -0.15) is 0 Å². The molecule has 0 fully saturated rings. The van der Waals surface area contributed by atoms with Gasteiger partial charge in [0.15, 0.2) is 5.65 Å². The second-order valence-electron chi connectivity index (χ2n) is 7.96. The van der Waals surface area contributed by atoms with Crippen LogP contribution in [0.1, 0.15) is 30.7 Å². The van der Waals surface area contributed by atoms with Gasteiger partial charge in [-0.25, -0.2) is 14.6 Å². The highest BCUT2D eigenvalue weighted by molar-refractivity contribution is 7.62. The molecule has 178 valence electrons. The number of pyridine rings is 1. The first-order valence-electron chi connectivity index (χ1n) is 11.5.